The van der Waals surface area contributed by atoms with Gasteiger partial charge in [-0.15, -0.1) is 0 Å². The summed E-state index contributed by atoms with van der Waals surface area (Å²) >= 11 is 0. The van der Waals surface area contributed by atoms with Crippen LogP contribution in [-0.2, 0) is 10.2 Å². The van der Waals surface area contributed by atoms with Crippen LogP contribution in [0, 0.1) is 17.0 Å². The van der Waals surface area contributed by atoms with Crippen molar-refractivity contribution in [1.82, 2.24) is 9.44 Å². The van der Waals surface area contributed by atoms with Crippen LogP contribution in [0.25, 0.3) is 0 Å². The molecule has 0 unspecified atom stereocenters. The summed E-state index contributed by atoms with van der Waals surface area (Å²) in [7, 11) is -4.01. The number of nitrogens with one attached hydrogen (secondary N) is 2. The molecule has 0 bridgehead atoms. The third kappa shape index (κ3) is 5.12. The van der Waals surface area contributed by atoms with Gasteiger partial charge in [-0.25, -0.2) is 4.72 Å². The fourth-order valence-corrected chi connectivity index (χ4v) is 2.83. The van der Waals surface area contributed by atoms with Crippen LogP contribution in [0.4, 0.5) is 5.69 Å². The standard InChI is InChI=1S/C12H17N3O5S/c1-8-7-9(5-6-10(8)15(17)18)11(16)13-21(19,20)14-12(2,3)4/h5-7,14H,1-4H3,(H,13,16). The van der Waals surface area contributed by atoms with Crippen LogP contribution in [0.5, 0.6) is 0 Å². The number of rotatable bonds is 4. The van der Waals surface area contributed by atoms with Gasteiger partial charge in [0, 0.05) is 22.7 Å². The second kappa shape index (κ2) is 5.78. The number of benzene rings is 1. The van der Waals surface area contributed by atoms with Gasteiger partial charge in [0.15, 0.2) is 0 Å². The minimum atomic E-state index is -4.01. The van der Waals surface area contributed by atoms with Crippen molar-refractivity contribution in [1.29, 1.82) is 0 Å². The van der Waals surface area contributed by atoms with Crippen LogP contribution in [0.2, 0.25) is 0 Å². The first kappa shape index (κ1) is 17.1. The Kier molecular flexibility index (Phi) is 4.69. The highest BCUT2D eigenvalue weighted by atomic mass is 32.2. The third-order valence-corrected chi connectivity index (χ3v) is 3.66. The Labute approximate surface area is 122 Å². The number of nitro benzene ring substituents is 1. The fourth-order valence-electron chi connectivity index (χ4n) is 1.61. The van der Waals surface area contributed by atoms with Gasteiger partial charge in [0.1, 0.15) is 0 Å². The van der Waals surface area contributed by atoms with E-state index in [4.69, 9.17) is 0 Å². The zero-order valence-electron chi connectivity index (χ0n) is 12.1. The fraction of sp³-hybridized carbons (Fsp3) is 0.417. The Hall–Kier alpha value is -2.00. The Bertz CT molecular complexity index is 677. The summed E-state index contributed by atoms with van der Waals surface area (Å²) in [4.78, 5) is 22.0. The molecule has 0 aromatic heterocycles. The van der Waals surface area contributed by atoms with E-state index in [-0.39, 0.29) is 16.8 Å². The summed E-state index contributed by atoms with van der Waals surface area (Å²) in [5.74, 6) is -0.857. The highest BCUT2D eigenvalue weighted by molar-refractivity contribution is 7.88. The van der Waals surface area contributed by atoms with Crippen molar-refractivity contribution in [2.24, 2.45) is 0 Å². The Balaban J connectivity index is 2.96. The molecular formula is C12H17N3O5S. The topological polar surface area (TPSA) is 118 Å². The van der Waals surface area contributed by atoms with E-state index in [0.717, 1.165) is 6.07 Å². The molecule has 0 aliphatic rings. The zero-order valence-corrected chi connectivity index (χ0v) is 12.9. The molecule has 8 nitrogen and oxygen atoms in total. The maximum atomic E-state index is 11.9. The van der Waals surface area contributed by atoms with E-state index in [2.05, 4.69) is 4.72 Å². The van der Waals surface area contributed by atoms with Crippen molar-refractivity contribution in [3.05, 3.63) is 39.4 Å². The van der Waals surface area contributed by atoms with Crippen molar-refractivity contribution in [3.63, 3.8) is 0 Å². The molecule has 1 rings (SSSR count). The number of hydrogen-bond acceptors (Lipinski definition) is 5. The first-order valence-electron chi connectivity index (χ1n) is 6.02. The van der Waals surface area contributed by atoms with Crippen LogP contribution >= 0.6 is 0 Å². The molecule has 0 fully saturated rings. The summed E-state index contributed by atoms with van der Waals surface area (Å²) in [6.45, 7) is 6.36. The molecule has 0 saturated heterocycles. The first-order valence-corrected chi connectivity index (χ1v) is 7.51. The molecule has 2 N–H and O–H groups in total. The number of amides is 1. The third-order valence-electron chi connectivity index (χ3n) is 2.32. The van der Waals surface area contributed by atoms with Crippen LogP contribution < -0.4 is 9.44 Å². The van der Waals surface area contributed by atoms with Crippen molar-refractivity contribution < 1.29 is 18.1 Å². The number of nitro groups is 1. The van der Waals surface area contributed by atoms with Gasteiger partial charge in [-0.05, 0) is 39.8 Å². The summed E-state index contributed by atoms with van der Waals surface area (Å²) < 4.78 is 27.6. The molecule has 116 valence electrons. The average molecular weight is 315 g/mol. The SMILES string of the molecule is Cc1cc(C(=O)NS(=O)(=O)NC(C)(C)C)ccc1[N+](=O)[O-]. The van der Waals surface area contributed by atoms with Crippen LogP contribution in [0.3, 0.4) is 0 Å². The lowest BCUT2D eigenvalue weighted by Crippen LogP contribution is -2.48. The highest BCUT2D eigenvalue weighted by Crippen LogP contribution is 2.18. The molecule has 0 aliphatic heterocycles. The van der Waals surface area contributed by atoms with Crippen molar-refractivity contribution in [2.45, 2.75) is 33.2 Å². The Morgan fingerprint density at radius 3 is 2.29 bits per heavy atom. The van der Waals surface area contributed by atoms with E-state index in [9.17, 15) is 23.3 Å². The summed E-state index contributed by atoms with van der Waals surface area (Å²) in [5, 5.41) is 10.7. The Morgan fingerprint density at radius 1 is 1.29 bits per heavy atom. The van der Waals surface area contributed by atoms with Crippen LogP contribution in [0.15, 0.2) is 18.2 Å². The summed E-state index contributed by atoms with van der Waals surface area (Å²) in [6.07, 6.45) is 0. The zero-order chi connectivity index (χ0) is 16.4. The van der Waals surface area contributed by atoms with E-state index >= 15 is 0 Å². The molecule has 0 aliphatic carbocycles. The van der Waals surface area contributed by atoms with Crippen molar-refractivity contribution in [2.75, 3.05) is 0 Å². The first-order chi connectivity index (χ1) is 9.41. The van der Waals surface area contributed by atoms with E-state index in [1.807, 2.05) is 4.72 Å². The molecule has 1 amide bonds. The normalized spacial score (nSPS) is 12.0. The molecule has 21 heavy (non-hydrogen) atoms. The monoisotopic (exact) mass is 315 g/mol. The quantitative estimate of drug-likeness (QED) is 0.640. The largest absolute Gasteiger partial charge is 0.302 e. The molecule has 0 heterocycles. The number of nitrogens with zero attached hydrogens (tertiary/aromatic N) is 1. The van der Waals surface area contributed by atoms with E-state index in [1.54, 1.807) is 20.8 Å². The highest BCUT2D eigenvalue weighted by Gasteiger charge is 2.23. The number of carbonyl (C=O) groups is 1. The van der Waals surface area contributed by atoms with Gasteiger partial charge in [0.25, 0.3) is 11.6 Å². The summed E-state index contributed by atoms with van der Waals surface area (Å²) in [5.41, 5.74) is -0.578. The lowest BCUT2D eigenvalue weighted by Gasteiger charge is -2.20. The van der Waals surface area contributed by atoms with Gasteiger partial charge in [0.05, 0.1) is 4.92 Å². The molecular weight excluding hydrogens is 298 g/mol. The number of carbonyl (C=O) groups excluding carboxylic acids is 1. The Morgan fingerprint density at radius 2 is 1.86 bits per heavy atom. The van der Waals surface area contributed by atoms with E-state index in [1.165, 1.54) is 19.1 Å². The molecule has 9 heteroatoms. The van der Waals surface area contributed by atoms with Gasteiger partial charge in [-0.3, -0.25) is 14.9 Å². The van der Waals surface area contributed by atoms with E-state index < -0.39 is 26.6 Å². The molecule has 0 atom stereocenters. The molecule has 0 spiro atoms. The maximum Gasteiger partial charge on any atom is 0.302 e. The van der Waals surface area contributed by atoms with Gasteiger partial charge in [-0.1, -0.05) is 0 Å². The average Bonchev–Trinajstić information content (AvgIpc) is 2.23. The van der Waals surface area contributed by atoms with Gasteiger partial charge < -0.3 is 0 Å². The lowest BCUT2D eigenvalue weighted by atomic mass is 10.1. The second-order valence-corrected chi connectivity index (χ2v) is 6.96. The van der Waals surface area contributed by atoms with Crippen LogP contribution in [-0.4, -0.2) is 24.8 Å². The van der Waals surface area contributed by atoms with E-state index in [0.29, 0.717) is 0 Å². The maximum absolute atomic E-state index is 11.9. The molecule has 0 saturated carbocycles. The van der Waals surface area contributed by atoms with Gasteiger partial charge in [-0.2, -0.15) is 13.1 Å². The second-order valence-electron chi connectivity index (χ2n) is 5.55. The predicted octanol–water partition coefficient (Wildman–Crippen LogP) is 1.27. The molecule has 1 aromatic rings. The number of aryl methyl sites for hydroxylation is 1. The minimum Gasteiger partial charge on any atom is -0.268 e. The van der Waals surface area contributed by atoms with Crippen LogP contribution in [0.1, 0.15) is 36.7 Å². The predicted molar refractivity (Wildman–Crippen MR) is 77.1 cm³/mol. The van der Waals surface area contributed by atoms with Crippen molar-refractivity contribution >= 4 is 21.8 Å². The summed E-state index contributed by atoms with van der Waals surface area (Å²) in [6, 6.07) is 3.63. The van der Waals surface area contributed by atoms with Gasteiger partial charge in [0.2, 0.25) is 0 Å². The van der Waals surface area contributed by atoms with Crippen molar-refractivity contribution in [3.8, 4) is 0 Å². The minimum absolute atomic E-state index is 0.0254. The smallest absolute Gasteiger partial charge is 0.268 e. The lowest BCUT2D eigenvalue weighted by molar-refractivity contribution is -0.385. The number of hydrogen-bond donors (Lipinski definition) is 2. The van der Waals surface area contributed by atoms with Gasteiger partial charge >= 0.3 is 10.2 Å². The molecule has 0 radical (unpaired) electrons. The molecule has 1 aromatic carbocycles.